The van der Waals surface area contributed by atoms with Crippen molar-refractivity contribution in [2.45, 2.75) is 19.5 Å². The lowest BCUT2D eigenvalue weighted by Gasteiger charge is -2.37. The molecule has 1 aliphatic heterocycles. The predicted molar refractivity (Wildman–Crippen MR) is 101 cm³/mol. The Morgan fingerprint density at radius 1 is 1.19 bits per heavy atom. The molecule has 0 bridgehead atoms. The molecule has 0 radical (unpaired) electrons. The first kappa shape index (κ1) is 18.5. The average Bonchev–Trinajstić information content (AvgIpc) is 3.14. The Labute approximate surface area is 155 Å². The summed E-state index contributed by atoms with van der Waals surface area (Å²) in [5.74, 6) is 0.191. The fourth-order valence-electron chi connectivity index (χ4n) is 3.46. The maximum Gasteiger partial charge on any atom is 0.244 e. The molecule has 140 valence electrons. The maximum atomic E-state index is 13.1. The number of amides is 1. The summed E-state index contributed by atoms with van der Waals surface area (Å²) in [7, 11) is 3.94. The molecule has 1 unspecified atom stereocenters. The Hall–Kier alpha value is -2.25. The van der Waals surface area contributed by atoms with Crippen LogP contribution < -0.4 is 0 Å². The third-order valence-electron chi connectivity index (χ3n) is 4.90. The van der Waals surface area contributed by atoms with E-state index in [1.54, 1.807) is 12.7 Å². The largest absolute Gasteiger partial charge is 0.338 e. The highest BCUT2D eigenvalue weighted by Crippen LogP contribution is 2.22. The summed E-state index contributed by atoms with van der Waals surface area (Å²) in [5.41, 5.74) is 2.24. The SMILES string of the molecule is Cc1cccc(C(C(=O)N2CCN(CCn3cncn3)CC2)N(C)C)c1. The van der Waals surface area contributed by atoms with Gasteiger partial charge in [0.25, 0.3) is 0 Å². The molecule has 0 spiro atoms. The van der Waals surface area contributed by atoms with Gasteiger partial charge >= 0.3 is 0 Å². The highest BCUT2D eigenvalue weighted by Gasteiger charge is 2.30. The maximum absolute atomic E-state index is 13.1. The predicted octanol–water partition coefficient (Wildman–Crippen LogP) is 1.03. The highest BCUT2D eigenvalue weighted by atomic mass is 16.2. The lowest BCUT2D eigenvalue weighted by atomic mass is 10.0. The molecule has 3 rings (SSSR count). The number of hydrogen-bond donors (Lipinski definition) is 0. The third kappa shape index (κ3) is 4.47. The zero-order valence-electron chi connectivity index (χ0n) is 15.9. The van der Waals surface area contributed by atoms with Gasteiger partial charge in [-0.05, 0) is 26.6 Å². The number of benzene rings is 1. The van der Waals surface area contributed by atoms with E-state index in [2.05, 4.69) is 34.0 Å². The first-order valence-corrected chi connectivity index (χ1v) is 9.11. The molecule has 1 atom stereocenters. The van der Waals surface area contributed by atoms with E-state index in [1.165, 1.54) is 5.56 Å². The highest BCUT2D eigenvalue weighted by molar-refractivity contribution is 5.83. The lowest BCUT2D eigenvalue weighted by molar-refractivity contribution is -0.138. The molecule has 1 saturated heterocycles. The summed E-state index contributed by atoms with van der Waals surface area (Å²) in [6.45, 7) is 7.16. The topological polar surface area (TPSA) is 57.5 Å². The number of carbonyl (C=O) groups is 1. The van der Waals surface area contributed by atoms with E-state index in [4.69, 9.17) is 0 Å². The van der Waals surface area contributed by atoms with E-state index in [1.807, 2.05) is 40.7 Å². The molecule has 0 saturated carbocycles. The van der Waals surface area contributed by atoms with Crippen molar-refractivity contribution in [3.63, 3.8) is 0 Å². The van der Waals surface area contributed by atoms with Crippen LogP contribution in [0.15, 0.2) is 36.9 Å². The van der Waals surface area contributed by atoms with Crippen LogP contribution in [0.2, 0.25) is 0 Å². The van der Waals surface area contributed by atoms with Gasteiger partial charge in [-0.3, -0.25) is 19.3 Å². The van der Waals surface area contributed by atoms with Gasteiger partial charge < -0.3 is 4.90 Å². The Morgan fingerprint density at radius 3 is 2.58 bits per heavy atom. The number of piperazine rings is 1. The van der Waals surface area contributed by atoms with Crippen LogP contribution in [-0.4, -0.2) is 82.2 Å². The number of carbonyl (C=O) groups excluding carboxylic acids is 1. The van der Waals surface area contributed by atoms with Gasteiger partial charge in [0.1, 0.15) is 18.7 Å². The summed E-state index contributed by atoms with van der Waals surface area (Å²) < 4.78 is 1.84. The van der Waals surface area contributed by atoms with Crippen molar-refractivity contribution in [1.82, 2.24) is 29.5 Å². The molecule has 7 nitrogen and oxygen atoms in total. The van der Waals surface area contributed by atoms with Gasteiger partial charge in [0.15, 0.2) is 0 Å². The normalized spacial score (nSPS) is 16.8. The van der Waals surface area contributed by atoms with Crippen LogP contribution in [-0.2, 0) is 11.3 Å². The molecule has 0 aliphatic carbocycles. The Bertz CT molecular complexity index is 707. The molecular weight excluding hydrogens is 328 g/mol. The van der Waals surface area contributed by atoms with Crippen molar-refractivity contribution < 1.29 is 4.79 Å². The summed E-state index contributed by atoms with van der Waals surface area (Å²) in [5, 5.41) is 4.14. The number of likely N-dealkylation sites (N-methyl/N-ethyl adjacent to an activating group) is 1. The van der Waals surface area contributed by atoms with Crippen LogP contribution in [0, 0.1) is 6.92 Å². The van der Waals surface area contributed by atoms with Crippen LogP contribution in [0.5, 0.6) is 0 Å². The first-order valence-electron chi connectivity index (χ1n) is 9.11. The number of nitrogens with zero attached hydrogens (tertiary/aromatic N) is 6. The quantitative estimate of drug-likeness (QED) is 0.774. The number of rotatable bonds is 6. The Kier molecular flexibility index (Phi) is 6.00. The van der Waals surface area contributed by atoms with Gasteiger partial charge in [0.05, 0.1) is 6.54 Å². The molecule has 26 heavy (non-hydrogen) atoms. The minimum Gasteiger partial charge on any atom is -0.338 e. The number of hydrogen-bond acceptors (Lipinski definition) is 5. The van der Waals surface area contributed by atoms with E-state index in [0.717, 1.165) is 44.8 Å². The van der Waals surface area contributed by atoms with E-state index in [9.17, 15) is 4.79 Å². The van der Waals surface area contributed by atoms with Gasteiger partial charge in [-0.1, -0.05) is 29.8 Å². The second kappa shape index (κ2) is 8.42. The molecule has 0 N–H and O–H groups in total. The second-order valence-electron chi connectivity index (χ2n) is 7.11. The lowest BCUT2D eigenvalue weighted by Crippen LogP contribution is -2.51. The molecule has 1 aliphatic rings. The summed E-state index contributed by atoms with van der Waals surface area (Å²) >= 11 is 0. The molecule has 1 aromatic carbocycles. The Morgan fingerprint density at radius 2 is 1.96 bits per heavy atom. The van der Waals surface area contributed by atoms with E-state index in [-0.39, 0.29) is 11.9 Å². The minimum atomic E-state index is -0.225. The average molecular weight is 356 g/mol. The molecule has 1 fully saturated rings. The second-order valence-corrected chi connectivity index (χ2v) is 7.11. The molecular formula is C19H28N6O. The molecule has 1 aromatic heterocycles. The van der Waals surface area contributed by atoms with Crippen LogP contribution in [0.4, 0.5) is 0 Å². The zero-order valence-corrected chi connectivity index (χ0v) is 15.9. The standard InChI is InChI=1S/C19H28N6O/c1-16-5-4-6-17(13-16)18(22(2)3)19(26)24-10-7-23(8-11-24)9-12-25-15-20-14-21-25/h4-6,13-15,18H,7-12H2,1-3H3. The van der Waals surface area contributed by atoms with Crippen LogP contribution in [0.25, 0.3) is 0 Å². The number of aryl methyl sites for hydroxylation is 1. The van der Waals surface area contributed by atoms with Crippen LogP contribution >= 0.6 is 0 Å². The van der Waals surface area contributed by atoms with E-state index in [0.29, 0.717) is 0 Å². The first-order chi connectivity index (χ1) is 12.5. The fraction of sp³-hybridized carbons (Fsp3) is 0.526. The fourth-order valence-corrected chi connectivity index (χ4v) is 3.46. The summed E-state index contributed by atoms with van der Waals surface area (Å²) in [4.78, 5) is 23.5. The monoisotopic (exact) mass is 356 g/mol. The van der Waals surface area contributed by atoms with Gasteiger partial charge in [-0.25, -0.2) is 4.98 Å². The van der Waals surface area contributed by atoms with Crippen LogP contribution in [0.3, 0.4) is 0 Å². The van der Waals surface area contributed by atoms with Crippen molar-refractivity contribution in [2.75, 3.05) is 46.8 Å². The number of aromatic nitrogens is 3. The van der Waals surface area contributed by atoms with Gasteiger partial charge in [-0.15, -0.1) is 0 Å². The van der Waals surface area contributed by atoms with Gasteiger partial charge in [0.2, 0.25) is 5.91 Å². The molecule has 1 amide bonds. The van der Waals surface area contributed by atoms with E-state index < -0.39 is 0 Å². The van der Waals surface area contributed by atoms with Crippen molar-refractivity contribution >= 4 is 5.91 Å². The van der Waals surface area contributed by atoms with Crippen molar-refractivity contribution in [1.29, 1.82) is 0 Å². The third-order valence-corrected chi connectivity index (χ3v) is 4.90. The molecule has 2 aromatic rings. The van der Waals surface area contributed by atoms with Gasteiger partial charge in [0, 0.05) is 32.7 Å². The summed E-state index contributed by atoms with van der Waals surface area (Å²) in [6, 6.07) is 8.02. The van der Waals surface area contributed by atoms with Crippen molar-refractivity contribution in [3.8, 4) is 0 Å². The zero-order chi connectivity index (χ0) is 18.5. The molecule has 7 heteroatoms. The van der Waals surface area contributed by atoms with Crippen molar-refractivity contribution in [3.05, 3.63) is 48.0 Å². The summed E-state index contributed by atoms with van der Waals surface area (Å²) in [6.07, 6.45) is 3.30. The van der Waals surface area contributed by atoms with E-state index >= 15 is 0 Å². The molecule has 2 heterocycles. The minimum absolute atomic E-state index is 0.191. The van der Waals surface area contributed by atoms with Crippen LogP contribution in [0.1, 0.15) is 17.2 Å². The van der Waals surface area contributed by atoms with Crippen molar-refractivity contribution in [2.24, 2.45) is 0 Å². The Balaban J connectivity index is 1.57. The smallest absolute Gasteiger partial charge is 0.244 e. The van der Waals surface area contributed by atoms with Gasteiger partial charge in [-0.2, -0.15) is 5.10 Å².